The minimum atomic E-state index is -3.60. The minimum Gasteiger partial charge on any atom is -0.396 e. The molecule has 1 saturated heterocycles. The van der Waals surface area contributed by atoms with E-state index in [1.54, 1.807) is 42.1 Å². The Morgan fingerprint density at radius 1 is 0.791 bits per heavy atom. The number of ether oxygens (including phenoxy) is 2. The number of aliphatic hydroxyl groups excluding tert-OH is 2. The Balaban J connectivity index is 1.31. The van der Waals surface area contributed by atoms with Gasteiger partial charge in [-0.05, 0) is 46.0 Å². The van der Waals surface area contributed by atoms with Crippen LogP contribution in [-0.4, -0.2) is 42.8 Å². The van der Waals surface area contributed by atoms with Crippen LogP contribution in [0.3, 0.4) is 0 Å². The van der Waals surface area contributed by atoms with Crippen molar-refractivity contribution in [2.24, 2.45) is 5.92 Å². The Morgan fingerprint density at radius 2 is 1.51 bits per heavy atom. The summed E-state index contributed by atoms with van der Waals surface area (Å²) in [5, 5.41) is 18.7. The van der Waals surface area contributed by atoms with Crippen molar-refractivity contribution < 1.29 is 28.1 Å². The van der Waals surface area contributed by atoms with E-state index in [9.17, 15) is 18.6 Å². The molecule has 5 rings (SSSR count). The Kier molecular flexibility index (Phi) is 10.7. The zero-order valence-electron chi connectivity index (χ0n) is 24.0. The second-order valence-corrected chi connectivity index (χ2v) is 13.5. The summed E-state index contributed by atoms with van der Waals surface area (Å²) in [6.07, 6.45) is -0.831. The van der Waals surface area contributed by atoms with Gasteiger partial charge in [-0.15, -0.1) is 0 Å². The van der Waals surface area contributed by atoms with Crippen LogP contribution in [0.2, 0.25) is 0 Å². The summed E-state index contributed by atoms with van der Waals surface area (Å²) in [6, 6.07) is 32.0. The van der Waals surface area contributed by atoms with Crippen molar-refractivity contribution in [2.45, 2.75) is 43.5 Å². The van der Waals surface area contributed by atoms with Crippen LogP contribution in [0, 0.1) is 5.92 Å². The SMILES string of the molecule is C[C@@H]1[C@H](CSCCO)O[C@H](c2ccc(-c3cccc(CNS(=O)(=O)c4ccccc4)c3)cc2)O[C@@H]1c1ccc(CO)cc1. The maximum atomic E-state index is 12.7. The molecule has 1 aliphatic heterocycles. The highest BCUT2D eigenvalue weighted by Crippen LogP contribution is 2.42. The number of thioether (sulfide) groups is 1. The third-order valence-corrected chi connectivity index (χ3v) is 10.1. The van der Waals surface area contributed by atoms with Crippen LogP contribution in [0.5, 0.6) is 0 Å². The molecular formula is C34H37NO6S2. The maximum absolute atomic E-state index is 12.7. The Hall–Kier alpha value is -3.02. The summed E-state index contributed by atoms with van der Waals surface area (Å²) in [6.45, 7) is 2.42. The second kappa shape index (κ2) is 14.6. The summed E-state index contributed by atoms with van der Waals surface area (Å²) >= 11 is 1.66. The zero-order valence-corrected chi connectivity index (χ0v) is 25.6. The number of hydrogen-bond donors (Lipinski definition) is 3. The molecule has 0 unspecified atom stereocenters. The summed E-state index contributed by atoms with van der Waals surface area (Å²) in [5.74, 6) is 1.48. The van der Waals surface area contributed by atoms with Crippen molar-refractivity contribution in [3.63, 3.8) is 0 Å². The molecule has 4 aromatic carbocycles. The predicted molar refractivity (Wildman–Crippen MR) is 170 cm³/mol. The lowest BCUT2D eigenvalue weighted by Crippen LogP contribution is -2.38. The average molecular weight is 620 g/mol. The molecule has 0 amide bonds. The van der Waals surface area contributed by atoms with Gasteiger partial charge >= 0.3 is 0 Å². The third kappa shape index (κ3) is 7.93. The zero-order chi connectivity index (χ0) is 30.2. The molecule has 3 N–H and O–H groups in total. The highest BCUT2D eigenvalue weighted by atomic mass is 32.2. The van der Waals surface area contributed by atoms with E-state index in [-0.39, 0.29) is 42.8 Å². The van der Waals surface area contributed by atoms with Gasteiger partial charge in [-0.25, -0.2) is 13.1 Å². The standard InChI is InChI=1S/C34H37NO6S2/c1-24-32(23-42-19-18-36)40-34(41-33(24)28-12-10-25(22-37)11-13-28)29-16-14-27(15-17-29)30-7-5-6-26(20-30)21-35-43(38,39)31-8-3-2-4-9-31/h2-17,20,24,32-37H,18-19,21-23H2,1H3/t24-,32+,33+,34+/m1/s1. The van der Waals surface area contributed by atoms with E-state index >= 15 is 0 Å². The Morgan fingerprint density at radius 3 is 2.21 bits per heavy atom. The molecule has 226 valence electrons. The van der Waals surface area contributed by atoms with E-state index in [1.807, 2.05) is 72.8 Å². The van der Waals surface area contributed by atoms with Crippen LogP contribution in [0.4, 0.5) is 0 Å². The van der Waals surface area contributed by atoms with Crippen LogP contribution >= 0.6 is 11.8 Å². The third-order valence-electron chi connectivity index (χ3n) is 7.60. The van der Waals surface area contributed by atoms with Crippen molar-refractivity contribution in [2.75, 3.05) is 18.1 Å². The smallest absolute Gasteiger partial charge is 0.240 e. The van der Waals surface area contributed by atoms with E-state index in [2.05, 4.69) is 11.6 Å². The summed E-state index contributed by atoms with van der Waals surface area (Å²) < 4.78 is 41.0. The van der Waals surface area contributed by atoms with Gasteiger partial charge in [-0.2, -0.15) is 11.8 Å². The molecule has 43 heavy (non-hydrogen) atoms. The minimum absolute atomic E-state index is 0.00786. The second-order valence-electron chi connectivity index (χ2n) is 10.6. The lowest BCUT2D eigenvalue weighted by molar-refractivity contribution is -0.268. The van der Waals surface area contributed by atoms with Gasteiger partial charge < -0.3 is 19.7 Å². The molecule has 7 nitrogen and oxygen atoms in total. The van der Waals surface area contributed by atoms with Crippen LogP contribution in [0.1, 0.15) is 41.6 Å². The largest absolute Gasteiger partial charge is 0.396 e. The molecule has 4 aromatic rings. The van der Waals surface area contributed by atoms with Crippen LogP contribution in [0.15, 0.2) is 108 Å². The summed E-state index contributed by atoms with van der Waals surface area (Å²) in [7, 11) is -3.60. The van der Waals surface area contributed by atoms with Gasteiger partial charge in [0.25, 0.3) is 0 Å². The van der Waals surface area contributed by atoms with Gasteiger partial charge in [0.15, 0.2) is 6.29 Å². The first-order valence-electron chi connectivity index (χ1n) is 14.3. The lowest BCUT2D eigenvalue weighted by atomic mass is 9.91. The fourth-order valence-electron chi connectivity index (χ4n) is 5.13. The van der Waals surface area contributed by atoms with Crippen LogP contribution in [0.25, 0.3) is 11.1 Å². The fraction of sp³-hybridized carbons (Fsp3) is 0.294. The van der Waals surface area contributed by atoms with Gasteiger partial charge in [-0.1, -0.05) is 91.9 Å². The molecule has 1 heterocycles. The quantitative estimate of drug-likeness (QED) is 0.171. The monoisotopic (exact) mass is 619 g/mol. The van der Waals surface area contributed by atoms with Gasteiger partial charge in [0, 0.05) is 29.5 Å². The van der Waals surface area contributed by atoms with Gasteiger partial charge in [0.1, 0.15) is 0 Å². The van der Waals surface area contributed by atoms with Crippen molar-refractivity contribution in [3.8, 4) is 11.1 Å². The number of hydrogen-bond acceptors (Lipinski definition) is 7. The molecule has 0 bridgehead atoms. The molecule has 9 heteroatoms. The molecule has 0 saturated carbocycles. The van der Waals surface area contributed by atoms with E-state index in [0.29, 0.717) is 5.75 Å². The molecule has 0 spiro atoms. The number of nitrogens with one attached hydrogen (secondary N) is 1. The molecule has 1 fully saturated rings. The number of benzene rings is 4. The highest BCUT2D eigenvalue weighted by Gasteiger charge is 2.38. The summed E-state index contributed by atoms with van der Waals surface area (Å²) in [4.78, 5) is 0.238. The van der Waals surface area contributed by atoms with Gasteiger partial charge in [0.2, 0.25) is 10.0 Å². The number of aliphatic hydroxyl groups is 2. The van der Waals surface area contributed by atoms with Gasteiger partial charge in [-0.3, -0.25) is 0 Å². The first-order chi connectivity index (χ1) is 20.9. The summed E-state index contributed by atoms with van der Waals surface area (Å²) in [5.41, 5.74) is 5.60. The van der Waals surface area contributed by atoms with Crippen molar-refractivity contribution >= 4 is 21.8 Å². The molecular weight excluding hydrogens is 583 g/mol. The molecule has 0 aromatic heterocycles. The van der Waals surface area contributed by atoms with E-state index < -0.39 is 16.3 Å². The van der Waals surface area contributed by atoms with Crippen molar-refractivity contribution in [3.05, 3.63) is 125 Å². The molecule has 4 atom stereocenters. The topological polar surface area (TPSA) is 105 Å². The first-order valence-corrected chi connectivity index (χ1v) is 16.9. The first kappa shape index (κ1) is 31.4. The lowest BCUT2D eigenvalue weighted by Gasteiger charge is -2.41. The maximum Gasteiger partial charge on any atom is 0.240 e. The van der Waals surface area contributed by atoms with Gasteiger partial charge in [0.05, 0.1) is 30.3 Å². The number of rotatable bonds is 12. The van der Waals surface area contributed by atoms with E-state index in [1.165, 1.54) is 0 Å². The van der Waals surface area contributed by atoms with E-state index in [4.69, 9.17) is 9.47 Å². The predicted octanol–water partition coefficient (Wildman–Crippen LogP) is 5.84. The fourth-order valence-corrected chi connectivity index (χ4v) is 7.08. The van der Waals surface area contributed by atoms with Crippen molar-refractivity contribution in [1.82, 2.24) is 4.72 Å². The molecule has 1 aliphatic rings. The number of sulfonamides is 1. The molecule has 0 radical (unpaired) electrons. The van der Waals surface area contributed by atoms with E-state index in [0.717, 1.165) is 39.1 Å². The average Bonchev–Trinajstić information content (AvgIpc) is 3.05. The van der Waals surface area contributed by atoms with Crippen molar-refractivity contribution in [1.29, 1.82) is 0 Å². The van der Waals surface area contributed by atoms with Crippen LogP contribution in [-0.2, 0) is 32.6 Å². The Labute approximate surface area is 257 Å². The Bertz CT molecular complexity index is 1560. The normalized spacial score (nSPS) is 20.6. The highest BCUT2D eigenvalue weighted by molar-refractivity contribution is 7.99. The molecule has 0 aliphatic carbocycles. The van der Waals surface area contributed by atoms with Crippen LogP contribution < -0.4 is 4.72 Å².